The average Bonchev–Trinajstić information content (AvgIpc) is 3.00. The van der Waals surface area contributed by atoms with E-state index >= 15 is 0 Å². The van der Waals surface area contributed by atoms with Gasteiger partial charge >= 0.3 is 0 Å². The van der Waals surface area contributed by atoms with E-state index in [2.05, 4.69) is 31.3 Å². The molecule has 0 aromatic heterocycles. The van der Waals surface area contributed by atoms with Gasteiger partial charge in [-0.3, -0.25) is 9.98 Å². The molecule has 19 heavy (non-hydrogen) atoms. The van der Waals surface area contributed by atoms with Crippen molar-refractivity contribution in [2.45, 2.75) is 19.3 Å². The SMILES string of the molecule is C(CCNC1=NCCN1)CCNC1=NCCN1.I.I. The minimum absolute atomic E-state index is 0. The number of guanidine groups is 2. The molecule has 0 saturated carbocycles. The summed E-state index contributed by atoms with van der Waals surface area (Å²) in [6, 6.07) is 0. The highest BCUT2D eigenvalue weighted by Gasteiger charge is 2.03. The van der Waals surface area contributed by atoms with E-state index in [-0.39, 0.29) is 48.0 Å². The first-order valence-electron chi connectivity index (χ1n) is 6.49. The maximum absolute atomic E-state index is 4.28. The number of hydrogen-bond donors (Lipinski definition) is 4. The highest BCUT2D eigenvalue weighted by molar-refractivity contribution is 14.0. The molecule has 8 heteroatoms. The van der Waals surface area contributed by atoms with Crippen LogP contribution < -0.4 is 21.3 Å². The lowest BCUT2D eigenvalue weighted by Crippen LogP contribution is -2.35. The van der Waals surface area contributed by atoms with Gasteiger partial charge in [0.05, 0.1) is 13.1 Å². The maximum atomic E-state index is 4.28. The van der Waals surface area contributed by atoms with E-state index in [1.807, 2.05) is 0 Å². The van der Waals surface area contributed by atoms with Gasteiger partial charge in [0.25, 0.3) is 0 Å². The Kier molecular flexibility index (Phi) is 11.8. The fraction of sp³-hybridized carbons (Fsp3) is 0.818. The van der Waals surface area contributed by atoms with E-state index in [9.17, 15) is 0 Å². The summed E-state index contributed by atoms with van der Waals surface area (Å²) in [5, 5.41) is 13.0. The van der Waals surface area contributed by atoms with E-state index in [4.69, 9.17) is 0 Å². The molecule has 0 atom stereocenters. The molecule has 0 unspecified atom stereocenters. The van der Waals surface area contributed by atoms with Gasteiger partial charge in [-0.15, -0.1) is 48.0 Å². The Morgan fingerprint density at radius 2 is 1.26 bits per heavy atom. The Morgan fingerprint density at radius 1 is 0.789 bits per heavy atom. The summed E-state index contributed by atoms with van der Waals surface area (Å²) in [5.41, 5.74) is 0. The van der Waals surface area contributed by atoms with Gasteiger partial charge in [0.15, 0.2) is 11.9 Å². The zero-order chi connectivity index (χ0) is 11.8. The van der Waals surface area contributed by atoms with Crippen LogP contribution in [0.15, 0.2) is 9.98 Å². The Hall–Kier alpha value is 0. The standard InChI is InChI=1S/C11H22N6.2HI/c1(2-4-12-10-14-6-7-15-10)3-5-13-11-16-8-9-17-11;;/h1-9H2,(H2,12,14,15)(H2,13,16,17);2*1H. The van der Waals surface area contributed by atoms with Crippen LogP contribution in [-0.4, -0.2) is 51.2 Å². The number of nitrogens with one attached hydrogen (secondary N) is 4. The second-order valence-electron chi connectivity index (χ2n) is 4.23. The molecule has 0 amide bonds. The molecule has 2 aliphatic heterocycles. The van der Waals surface area contributed by atoms with E-state index < -0.39 is 0 Å². The Balaban J connectivity index is 0.00000162. The van der Waals surface area contributed by atoms with Crippen molar-refractivity contribution in [1.29, 1.82) is 0 Å². The van der Waals surface area contributed by atoms with E-state index in [1.165, 1.54) is 19.3 Å². The summed E-state index contributed by atoms with van der Waals surface area (Å²) in [6.45, 7) is 5.77. The first kappa shape index (κ1) is 19.0. The molecule has 2 rings (SSSR count). The van der Waals surface area contributed by atoms with Gasteiger partial charge in [-0.25, -0.2) is 0 Å². The first-order valence-corrected chi connectivity index (χ1v) is 6.49. The fourth-order valence-corrected chi connectivity index (χ4v) is 1.87. The topological polar surface area (TPSA) is 72.8 Å². The summed E-state index contributed by atoms with van der Waals surface area (Å²) < 4.78 is 0. The molecule has 0 aliphatic carbocycles. The van der Waals surface area contributed by atoms with Crippen LogP contribution in [0.4, 0.5) is 0 Å². The lowest BCUT2D eigenvalue weighted by Gasteiger charge is -2.07. The molecule has 0 saturated heterocycles. The van der Waals surface area contributed by atoms with Crippen LogP contribution in [0.2, 0.25) is 0 Å². The average molecular weight is 494 g/mol. The largest absolute Gasteiger partial charge is 0.356 e. The number of nitrogens with zero attached hydrogens (tertiary/aromatic N) is 2. The third-order valence-electron chi connectivity index (χ3n) is 2.79. The zero-order valence-corrected chi connectivity index (χ0v) is 15.7. The maximum Gasteiger partial charge on any atom is 0.191 e. The van der Waals surface area contributed by atoms with Crippen LogP contribution in [0.1, 0.15) is 19.3 Å². The minimum atomic E-state index is 0. The van der Waals surface area contributed by atoms with Gasteiger partial charge in [-0.2, -0.15) is 0 Å². The quantitative estimate of drug-likeness (QED) is 0.321. The Morgan fingerprint density at radius 3 is 1.63 bits per heavy atom. The summed E-state index contributed by atoms with van der Waals surface area (Å²) >= 11 is 0. The summed E-state index contributed by atoms with van der Waals surface area (Å²) in [4.78, 5) is 8.56. The highest BCUT2D eigenvalue weighted by Crippen LogP contribution is 1.93. The Labute approximate surface area is 149 Å². The van der Waals surface area contributed by atoms with Crippen LogP contribution in [0.5, 0.6) is 0 Å². The lowest BCUT2D eigenvalue weighted by molar-refractivity contribution is 0.646. The normalized spacial score (nSPS) is 16.2. The molecule has 0 aromatic rings. The molecule has 0 radical (unpaired) electrons. The van der Waals surface area contributed by atoms with Gasteiger partial charge < -0.3 is 21.3 Å². The first-order chi connectivity index (χ1) is 8.45. The predicted molar refractivity (Wildman–Crippen MR) is 101 cm³/mol. The van der Waals surface area contributed by atoms with Crippen LogP contribution in [-0.2, 0) is 0 Å². The number of hydrogen-bond acceptors (Lipinski definition) is 6. The predicted octanol–water partition coefficient (Wildman–Crippen LogP) is 0.490. The zero-order valence-electron chi connectivity index (χ0n) is 11.1. The molecule has 0 spiro atoms. The van der Waals surface area contributed by atoms with Crippen molar-refractivity contribution in [3.05, 3.63) is 0 Å². The van der Waals surface area contributed by atoms with Crippen molar-refractivity contribution in [3.8, 4) is 0 Å². The van der Waals surface area contributed by atoms with E-state index in [1.54, 1.807) is 0 Å². The lowest BCUT2D eigenvalue weighted by atomic mass is 10.2. The van der Waals surface area contributed by atoms with Crippen LogP contribution in [0.25, 0.3) is 0 Å². The van der Waals surface area contributed by atoms with Crippen molar-refractivity contribution in [2.75, 3.05) is 39.3 Å². The van der Waals surface area contributed by atoms with E-state index in [0.29, 0.717) is 0 Å². The molecule has 6 nitrogen and oxygen atoms in total. The van der Waals surface area contributed by atoms with Gasteiger partial charge in [0.2, 0.25) is 0 Å². The summed E-state index contributed by atoms with van der Waals surface area (Å²) in [7, 11) is 0. The van der Waals surface area contributed by atoms with Crippen LogP contribution in [0, 0.1) is 0 Å². The third-order valence-corrected chi connectivity index (χ3v) is 2.79. The molecule has 0 fully saturated rings. The molecule has 4 N–H and O–H groups in total. The molecule has 2 heterocycles. The molecule has 0 aromatic carbocycles. The second kappa shape index (κ2) is 11.8. The highest BCUT2D eigenvalue weighted by atomic mass is 127. The minimum Gasteiger partial charge on any atom is -0.356 e. The summed E-state index contributed by atoms with van der Waals surface area (Å²) in [5.74, 6) is 1.93. The van der Waals surface area contributed by atoms with Gasteiger partial charge in [-0.05, 0) is 19.3 Å². The van der Waals surface area contributed by atoms with Gasteiger partial charge in [0.1, 0.15) is 0 Å². The smallest absolute Gasteiger partial charge is 0.191 e. The monoisotopic (exact) mass is 494 g/mol. The molecular formula is C11H24I2N6. The molecular weight excluding hydrogens is 470 g/mol. The van der Waals surface area contributed by atoms with Gasteiger partial charge in [-0.1, -0.05) is 0 Å². The van der Waals surface area contributed by atoms with Crippen molar-refractivity contribution in [1.82, 2.24) is 21.3 Å². The van der Waals surface area contributed by atoms with Crippen molar-refractivity contribution >= 4 is 59.9 Å². The summed E-state index contributed by atoms with van der Waals surface area (Å²) in [6.07, 6.45) is 3.59. The molecule has 0 bridgehead atoms. The molecule has 112 valence electrons. The van der Waals surface area contributed by atoms with Crippen molar-refractivity contribution in [3.63, 3.8) is 0 Å². The fourth-order valence-electron chi connectivity index (χ4n) is 1.87. The second-order valence-corrected chi connectivity index (χ2v) is 4.23. The van der Waals surface area contributed by atoms with Crippen LogP contribution in [0.3, 0.4) is 0 Å². The number of rotatable bonds is 6. The number of halogens is 2. The number of aliphatic imine (C=N–C) groups is 2. The third kappa shape index (κ3) is 8.00. The number of unbranched alkanes of at least 4 members (excludes halogenated alkanes) is 2. The van der Waals surface area contributed by atoms with E-state index in [0.717, 1.165) is 51.2 Å². The van der Waals surface area contributed by atoms with Crippen molar-refractivity contribution < 1.29 is 0 Å². The Bertz CT molecular complexity index is 267. The van der Waals surface area contributed by atoms with Crippen molar-refractivity contribution in [2.24, 2.45) is 9.98 Å². The van der Waals surface area contributed by atoms with Crippen LogP contribution >= 0.6 is 48.0 Å². The molecule has 2 aliphatic rings. The van der Waals surface area contributed by atoms with Gasteiger partial charge in [0, 0.05) is 26.2 Å².